The number of carboxylic acid groups (broad SMARTS) is 1. The quantitative estimate of drug-likeness (QED) is 0.839. The van der Waals surface area contributed by atoms with Crippen molar-refractivity contribution < 1.29 is 14.7 Å². The molecule has 2 aliphatic carbocycles. The minimum absolute atomic E-state index is 0.00231. The van der Waals surface area contributed by atoms with Gasteiger partial charge >= 0.3 is 5.97 Å². The highest BCUT2D eigenvalue weighted by molar-refractivity contribution is 5.96. The number of allylic oxidation sites excluding steroid dienone is 2. The first-order chi connectivity index (χ1) is 9.95. The molecule has 0 unspecified atom stereocenters. The Hall–Kier alpha value is -2.10. The van der Waals surface area contributed by atoms with Crippen molar-refractivity contribution >= 4 is 17.6 Å². The van der Waals surface area contributed by atoms with E-state index in [1.807, 2.05) is 44.2 Å². The van der Waals surface area contributed by atoms with Gasteiger partial charge in [0.1, 0.15) is 0 Å². The van der Waals surface area contributed by atoms with Crippen molar-refractivity contribution in [2.24, 2.45) is 23.7 Å². The van der Waals surface area contributed by atoms with Gasteiger partial charge < -0.3 is 10.4 Å². The van der Waals surface area contributed by atoms with E-state index in [9.17, 15) is 14.7 Å². The molecule has 0 saturated heterocycles. The monoisotopic (exact) mass is 285 g/mol. The largest absolute Gasteiger partial charge is 0.481 e. The first-order valence-electron chi connectivity index (χ1n) is 7.26. The van der Waals surface area contributed by atoms with E-state index in [1.165, 1.54) is 0 Å². The Bertz CT molecular complexity index is 615. The van der Waals surface area contributed by atoms with Crippen LogP contribution in [0.15, 0.2) is 30.4 Å². The Kier molecular flexibility index (Phi) is 3.32. The third-order valence-corrected chi connectivity index (χ3v) is 4.54. The summed E-state index contributed by atoms with van der Waals surface area (Å²) >= 11 is 0. The molecule has 4 nitrogen and oxygen atoms in total. The fourth-order valence-electron chi connectivity index (χ4n) is 3.79. The molecule has 2 N–H and O–H groups in total. The van der Waals surface area contributed by atoms with E-state index in [2.05, 4.69) is 5.32 Å². The second-order valence-electron chi connectivity index (χ2n) is 6.20. The van der Waals surface area contributed by atoms with Gasteiger partial charge in [-0.3, -0.25) is 9.59 Å². The van der Waals surface area contributed by atoms with Gasteiger partial charge in [0, 0.05) is 5.69 Å². The maximum atomic E-state index is 12.5. The van der Waals surface area contributed by atoms with E-state index in [1.54, 1.807) is 0 Å². The molecule has 110 valence electrons. The van der Waals surface area contributed by atoms with E-state index >= 15 is 0 Å². The van der Waals surface area contributed by atoms with Crippen LogP contribution in [0.25, 0.3) is 0 Å². The predicted molar refractivity (Wildman–Crippen MR) is 79.9 cm³/mol. The van der Waals surface area contributed by atoms with Crippen molar-refractivity contribution in [2.45, 2.75) is 20.3 Å². The fourth-order valence-corrected chi connectivity index (χ4v) is 3.79. The normalized spacial score (nSPS) is 29.6. The lowest BCUT2D eigenvalue weighted by atomic mass is 9.82. The SMILES string of the molecule is Cc1cc(C)cc(NC(=O)[C@@H]2[C@@H](C(=O)O)[C@H]3C=C[C@@H]2C3)c1. The molecule has 1 aromatic carbocycles. The average Bonchev–Trinajstić information content (AvgIpc) is 2.96. The molecule has 1 fully saturated rings. The minimum atomic E-state index is -0.868. The molecule has 21 heavy (non-hydrogen) atoms. The smallest absolute Gasteiger partial charge is 0.307 e. The van der Waals surface area contributed by atoms with Crippen LogP contribution in [-0.2, 0) is 9.59 Å². The van der Waals surface area contributed by atoms with Gasteiger partial charge in [0.25, 0.3) is 0 Å². The van der Waals surface area contributed by atoms with Gasteiger partial charge in [-0.1, -0.05) is 18.2 Å². The number of benzene rings is 1. The van der Waals surface area contributed by atoms with Crippen LogP contribution < -0.4 is 5.32 Å². The summed E-state index contributed by atoms with van der Waals surface area (Å²) in [6.45, 7) is 3.95. The summed E-state index contributed by atoms with van der Waals surface area (Å²) in [5.74, 6) is -2.04. The van der Waals surface area contributed by atoms with Gasteiger partial charge in [-0.25, -0.2) is 0 Å². The third-order valence-electron chi connectivity index (χ3n) is 4.54. The summed E-state index contributed by atoms with van der Waals surface area (Å²) < 4.78 is 0. The van der Waals surface area contributed by atoms with Gasteiger partial charge in [0.05, 0.1) is 11.8 Å². The summed E-state index contributed by atoms with van der Waals surface area (Å²) in [6, 6.07) is 5.85. The van der Waals surface area contributed by atoms with Crippen LogP contribution in [-0.4, -0.2) is 17.0 Å². The fraction of sp³-hybridized carbons (Fsp3) is 0.412. The van der Waals surface area contributed by atoms with Crippen molar-refractivity contribution in [2.75, 3.05) is 5.32 Å². The Balaban J connectivity index is 1.82. The van der Waals surface area contributed by atoms with Crippen LogP contribution >= 0.6 is 0 Å². The van der Waals surface area contributed by atoms with Crippen molar-refractivity contribution in [3.63, 3.8) is 0 Å². The van der Waals surface area contributed by atoms with Crippen LogP contribution in [0.1, 0.15) is 17.5 Å². The van der Waals surface area contributed by atoms with E-state index in [4.69, 9.17) is 0 Å². The number of hydrogen-bond acceptors (Lipinski definition) is 2. The first-order valence-corrected chi connectivity index (χ1v) is 7.26. The molecule has 0 heterocycles. The van der Waals surface area contributed by atoms with Gasteiger partial charge in [-0.2, -0.15) is 0 Å². The molecule has 0 spiro atoms. The number of hydrogen-bond donors (Lipinski definition) is 2. The molecular formula is C17H19NO3. The predicted octanol–water partition coefficient (Wildman–Crippen LogP) is 2.76. The zero-order valence-corrected chi connectivity index (χ0v) is 12.2. The highest BCUT2D eigenvalue weighted by Crippen LogP contribution is 2.48. The number of carbonyl (C=O) groups excluding carboxylic acids is 1. The molecule has 0 radical (unpaired) electrons. The number of nitrogens with one attached hydrogen (secondary N) is 1. The molecule has 4 heteroatoms. The summed E-state index contributed by atoms with van der Waals surface area (Å²) in [4.78, 5) is 24.0. The maximum absolute atomic E-state index is 12.5. The summed E-state index contributed by atoms with van der Waals surface area (Å²) in [5.41, 5.74) is 2.90. The number of carboxylic acids is 1. The Morgan fingerprint density at radius 3 is 2.19 bits per heavy atom. The first kappa shape index (κ1) is 13.9. The number of fused-ring (bicyclic) bond motifs is 2. The van der Waals surface area contributed by atoms with Crippen molar-refractivity contribution in [1.29, 1.82) is 0 Å². The molecule has 0 aromatic heterocycles. The highest BCUT2D eigenvalue weighted by atomic mass is 16.4. The lowest BCUT2D eigenvalue weighted by Gasteiger charge is -2.24. The van der Waals surface area contributed by atoms with Crippen LogP contribution in [0, 0.1) is 37.5 Å². The zero-order chi connectivity index (χ0) is 15.1. The van der Waals surface area contributed by atoms with Crippen molar-refractivity contribution in [3.05, 3.63) is 41.5 Å². The van der Waals surface area contributed by atoms with E-state index < -0.39 is 17.8 Å². The molecular weight excluding hydrogens is 266 g/mol. The molecule has 1 saturated carbocycles. The third kappa shape index (κ3) is 2.46. The molecule has 1 amide bonds. The molecule has 2 bridgehead atoms. The summed E-state index contributed by atoms with van der Waals surface area (Å²) in [5, 5.41) is 12.3. The van der Waals surface area contributed by atoms with Gasteiger partial charge in [-0.15, -0.1) is 0 Å². The summed E-state index contributed by atoms with van der Waals surface area (Å²) in [7, 11) is 0. The van der Waals surface area contributed by atoms with Gasteiger partial charge in [0.2, 0.25) is 5.91 Å². The number of rotatable bonds is 3. The number of carbonyl (C=O) groups is 2. The minimum Gasteiger partial charge on any atom is -0.481 e. The lowest BCUT2D eigenvalue weighted by molar-refractivity contribution is -0.146. The van der Waals surface area contributed by atoms with Crippen molar-refractivity contribution in [3.8, 4) is 0 Å². The van der Waals surface area contributed by atoms with Crippen LogP contribution in [0.3, 0.4) is 0 Å². The molecule has 4 atom stereocenters. The Labute approximate surface area is 123 Å². The summed E-state index contributed by atoms with van der Waals surface area (Å²) in [6.07, 6.45) is 4.72. The molecule has 0 aliphatic heterocycles. The maximum Gasteiger partial charge on any atom is 0.307 e. The molecule has 2 aliphatic rings. The van der Waals surface area contributed by atoms with E-state index in [0.29, 0.717) is 0 Å². The Morgan fingerprint density at radius 2 is 1.62 bits per heavy atom. The van der Waals surface area contributed by atoms with Crippen LogP contribution in [0.4, 0.5) is 5.69 Å². The molecule has 1 aromatic rings. The highest BCUT2D eigenvalue weighted by Gasteiger charge is 2.51. The Morgan fingerprint density at radius 1 is 1.05 bits per heavy atom. The average molecular weight is 285 g/mol. The van der Waals surface area contributed by atoms with Crippen LogP contribution in [0.5, 0.6) is 0 Å². The standard InChI is InChI=1S/C17H19NO3/c1-9-5-10(2)7-13(6-9)18-16(19)14-11-3-4-12(8-11)15(14)17(20)21/h3-7,11-12,14-15H,8H2,1-2H3,(H,18,19)(H,20,21)/t11-,12+,14+,15+/m1/s1. The second kappa shape index (κ2) is 5.02. The van der Waals surface area contributed by atoms with E-state index in [-0.39, 0.29) is 17.7 Å². The second-order valence-corrected chi connectivity index (χ2v) is 6.20. The van der Waals surface area contributed by atoms with Gasteiger partial charge in [-0.05, 0) is 55.4 Å². The number of anilines is 1. The molecule has 3 rings (SSSR count). The zero-order valence-electron chi connectivity index (χ0n) is 12.2. The number of aliphatic carboxylic acids is 1. The van der Waals surface area contributed by atoms with Crippen molar-refractivity contribution in [1.82, 2.24) is 0 Å². The van der Waals surface area contributed by atoms with E-state index in [0.717, 1.165) is 23.2 Å². The van der Waals surface area contributed by atoms with Gasteiger partial charge in [0.15, 0.2) is 0 Å². The van der Waals surface area contributed by atoms with Crippen LogP contribution in [0.2, 0.25) is 0 Å². The lowest BCUT2D eigenvalue weighted by Crippen LogP contribution is -2.36. The topological polar surface area (TPSA) is 66.4 Å². The number of aryl methyl sites for hydroxylation is 2. The number of amides is 1.